The number of benzene rings is 3. The van der Waals surface area contributed by atoms with Gasteiger partial charge in [0.05, 0.1) is 29.7 Å². The number of carbonyl (C=O) groups is 1. The molecule has 0 aliphatic heterocycles. The number of amides is 2. The molecular weight excluding hydrogens is 546 g/mol. The lowest BCUT2D eigenvalue weighted by atomic mass is 10.1. The van der Waals surface area contributed by atoms with Crippen LogP contribution in [0.2, 0.25) is 0 Å². The number of likely N-dealkylation sites (N-methyl/N-ethyl adjacent to an activating group) is 1. The lowest BCUT2D eigenvalue weighted by molar-refractivity contribution is 0.173. The van der Waals surface area contributed by atoms with E-state index in [0.717, 1.165) is 4.47 Å². The number of nitrogens with one attached hydrogen (secondary N) is 1. The van der Waals surface area contributed by atoms with E-state index >= 15 is 0 Å². The van der Waals surface area contributed by atoms with Crippen LogP contribution in [0.25, 0.3) is 16.6 Å². The molecule has 1 heterocycles. The predicted octanol–water partition coefficient (Wildman–Crippen LogP) is 5.70. The monoisotopic (exact) mass is 577 g/mol. The number of methoxy groups -OCH3 is 1. The molecule has 1 N–H and O–H groups in total. The molecule has 1 atom stereocenters. The molecule has 38 heavy (non-hydrogen) atoms. The Morgan fingerprint density at radius 1 is 1.03 bits per heavy atom. The van der Waals surface area contributed by atoms with Gasteiger partial charge in [0.1, 0.15) is 11.6 Å². The van der Waals surface area contributed by atoms with Gasteiger partial charge in [-0.1, -0.05) is 35.0 Å². The van der Waals surface area contributed by atoms with E-state index in [1.54, 1.807) is 22.6 Å². The van der Waals surface area contributed by atoms with Crippen molar-refractivity contribution < 1.29 is 9.53 Å². The molecular formula is C29H32BrN5O3. The van der Waals surface area contributed by atoms with E-state index in [9.17, 15) is 9.59 Å². The number of anilines is 1. The molecule has 8 nitrogen and oxygen atoms in total. The number of fused-ring (bicyclic) bond motifs is 1. The largest absolute Gasteiger partial charge is 0.497 e. The zero-order valence-electron chi connectivity index (χ0n) is 22.0. The Morgan fingerprint density at radius 3 is 2.34 bits per heavy atom. The van der Waals surface area contributed by atoms with Gasteiger partial charge in [-0.05, 0) is 81.2 Å². The lowest BCUT2D eigenvalue weighted by Gasteiger charge is -2.33. The van der Waals surface area contributed by atoms with E-state index in [2.05, 4.69) is 21.2 Å². The third kappa shape index (κ3) is 6.06. The minimum absolute atomic E-state index is 0.185. The molecule has 198 valence electrons. The number of nitrogens with zero attached hydrogens (tertiary/aromatic N) is 4. The fraction of sp³-hybridized carbons (Fsp3) is 0.276. The lowest BCUT2D eigenvalue weighted by Crippen LogP contribution is -2.43. The molecule has 0 aliphatic carbocycles. The highest BCUT2D eigenvalue weighted by atomic mass is 79.9. The molecule has 0 bridgehead atoms. The minimum atomic E-state index is -0.468. The molecule has 0 radical (unpaired) electrons. The zero-order chi connectivity index (χ0) is 27.2. The second-order valence-corrected chi connectivity index (χ2v) is 10.1. The van der Waals surface area contributed by atoms with E-state index in [4.69, 9.17) is 9.72 Å². The van der Waals surface area contributed by atoms with Crippen LogP contribution < -0.4 is 15.6 Å². The fourth-order valence-corrected chi connectivity index (χ4v) is 4.60. The summed E-state index contributed by atoms with van der Waals surface area (Å²) in [5, 5.41) is 3.53. The summed E-state index contributed by atoms with van der Waals surface area (Å²) in [5.41, 5.74) is 1.75. The number of hydrogen-bond acceptors (Lipinski definition) is 5. The summed E-state index contributed by atoms with van der Waals surface area (Å²) in [4.78, 5) is 36.3. The standard InChI is InChI=1S/C29H32BrN5O3/c1-5-26(34(19-18-33(2)3)29(37)31-21-12-10-20(30)11-13-21)27-32-25-9-7-6-8-24(25)28(36)35(27)22-14-16-23(38-4)17-15-22/h6-17,26H,5,18-19H2,1-4H3,(H,31,37). The average Bonchev–Trinajstić information content (AvgIpc) is 2.92. The molecule has 1 aromatic heterocycles. The number of ether oxygens (including phenoxy) is 1. The van der Waals surface area contributed by atoms with E-state index < -0.39 is 6.04 Å². The van der Waals surface area contributed by atoms with Crippen molar-refractivity contribution in [1.82, 2.24) is 19.4 Å². The number of halogens is 1. The van der Waals surface area contributed by atoms with Crippen molar-refractivity contribution in [3.8, 4) is 11.4 Å². The SMILES string of the molecule is CCC(c1nc2ccccc2c(=O)n1-c1ccc(OC)cc1)N(CCN(C)C)C(=O)Nc1ccc(Br)cc1. The molecule has 1 unspecified atom stereocenters. The van der Waals surface area contributed by atoms with Crippen LogP contribution in [0.15, 0.2) is 82.1 Å². The van der Waals surface area contributed by atoms with Gasteiger partial charge >= 0.3 is 6.03 Å². The highest BCUT2D eigenvalue weighted by molar-refractivity contribution is 9.10. The molecule has 0 aliphatic rings. The highest BCUT2D eigenvalue weighted by Crippen LogP contribution is 2.27. The van der Waals surface area contributed by atoms with Crippen LogP contribution in [0.1, 0.15) is 25.2 Å². The predicted molar refractivity (Wildman–Crippen MR) is 155 cm³/mol. The quantitative estimate of drug-likeness (QED) is 0.276. The van der Waals surface area contributed by atoms with Crippen LogP contribution in [0.3, 0.4) is 0 Å². The van der Waals surface area contributed by atoms with Gasteiger partial charge in [-0.2, -0.15) is 0 Å². The van der Waals surface area contributed by atoms with Gasteiger partial charge in [-0.15, -0.1) is 0 Å². The summed E-state index contributed by atoms with van der Waals surface area (Å²) >= 11 is 3.43. The van der Waals surface area contributed by atoms with Gasteiger partial charge in [0, 0.05) is 23.2 Å². The molecule has 3 aromatic carbocycles. The van der Waals surface area contributed by atoms with Crippen molar-refractivity contribution in [1.29, 1.82) is 0 Å². The Hall–Kier alpha value is -3.69. The highest BCUT2D eigenvalue weighted by Gasteiger charge is 2.29. The average molecular weight is 579 g/mol. The molecule has 0 saturated heterocycles. The van der Waals surface area contributed by atoms with Crippen molar-refractivity contribution >= 4 is 38.6 Å². The second-order valence-electron chi connectivity index (χ2n) is 9.18. The number of urea groups is 1. The van der Waals surface area contributed by atoms with Crippen LogP contribution in [-0.4, -0.2) is 59.7 Å². The Kier molecular flexibility index (Phi) is 8.81. The first-order valence-corrected chi connectivity index (χ1v) is 13.3. The van der Waals surface area contributed by atoms with Gasteiger partial charge in [0.15, 0.2) is 0 Å². The molecule has 0 saturated carbocycles. The maximum atomic E-state index is 13.9. The Balaban J connectivity index is 1.85. The number of aromatic nitrogens is 2. The normalized spacial score (nSPS) is 11.9. The van der Waals surface area contributed by atoms with Crippen molar-refractivity contribution in [2.75, 3.05) is 39.6 Å². The van der Waals surface area contributed by atoms with Crippen LogP contribution in [-0.2, 0) is 0 Å². The second kappa shape index (κ2) is 12.2. The molecule has 4 rings (SSSR count). The van der Waals surface area contributed by atoms with Crippen molar-refractivity contribution in [2.24, 2.45) is 0 Å². The molecule has 9 heteroatoms. The van der Waals surface area contributed by atoms with Crippen LogP contribution in [0.5, 0.6) is 5.75 Å². The van der Waals surface area contributed by atoms with E-state index in [-0.39, 0.29) is 11.6 Å². The van der Waals surface area contributed by atoms with Crippen molar-refractivity contribution in [3.05, 3.63) is 93.4 Å². The summed E-state index contributed by atoms with van der Waals surface area (Å²) in [6, 6.07) is 21.3. The minimum Gasteiger partial charge on any atom is -0.497 e. The Bertz CT molecular complexity index is 1450. The van der Waals surface area contributed by atoms with Crippen molar-refractivity contribution in [2.45, 2.75) is 19.4 Å². The zero-order valence-corrected chi connectivity index (χ0v) is 23.6. The van der Waals surface area contributed by atoms with Gasteiger partial charge in [-0.25, -0.2) is 9.78 Å². The van der Waals surface area contributed by atoms with Gasteiger partial charge in [0.2, 0.25) is 0 Å². The number of carbonyl (C=O) groups excluding carboxylic acids is 1. The topological polar surface area (TPSA) is 79.7 Å². The first kappa shape index (κ1) is 27.3. The number of para-hydroxylation sites is 1. The summed E-state index contributed by atoms with van der Waals surface area (Å²) in [7, 11) is 5.53. The van der Waals surface area contributed by atoms with Gasteiger partial charge in [0.25, 0.3) is 5.56 Å². The maximum absolute atomic E-state index is 13.9. The van der Waals surface area contributed by atoms with Crippen LogP contribution in [0, 0.1) is 0 Å². The fourth-order valence-electron chi connectivity index (χ4n) is 4.33. The van der Waals surface area contributed by atoms with Gasteiger partial charge in [-0.3, -0.25) is 9.36 Å². The van der Waals surface area contributed by atoms with Crippen LogP contribution >= 0.6 is 15.9 Å². The first-order chi connectivity index (χ1) is 18.3. The van der Waals surface area contributed by atoms with Crippen molar-refractivity contribution in [3.63, 3.8) is 0 Å². The Labute approximate surface area is 231 Å². The third-order valence-corrected chi connectivity index (χ3v) is 6.87. The number of hydrogen-bond donors (Lipinski definition) is 1. The van der Waals surface area contributed by atoms with Gasteiger partial charge < -0.3 is 19.9 Å². The summed E-state index contributed by atoms with van der Waals surface area (Å²) < 4.78 is 7.86. The molecule has 2 amide bonds. The molecule has 0 fully saturated rings. The molecule has 0 spiro atoms. The smallest absolute Gasteiger partial charge is 0.322 e. The van der Waals surface area contributed by atoms with E-state index in [0.29, 0.717) is 53.4 Å². The summed E-state index contributed by atoms with van der Waals surface area (Å²) in [5.74, 6) is 1.19. The Morgan fingerprint density at radius 2 is 1.71 bits per heavy atom. The van der Waals surface area contributed by atoms with Crippen LogP contribution in [0.4, 0.5) is 10.5 Å². The number of rotatable bonds is 9. The van der Waals surface area contributed by atoms with E-state index in [1.165, 1.54) is 0 Å². The first-order valence-electron chi connectivity index (χ1n) is 12.5. The third-order valence-electron chi connectivity index (χ3n) is 6.34. The maximum Gasteiger partial charge on any atom is 0.322 e. The molecule has 4 aromatic rings. The summed E-state index contributed by atoms with van der Waals surface area (Å²) in [6.07, 6.45) is 0.558. The summed E-state index contributed by atoms with van der Waals surface area (Å²) in [6.45, 7) is 3.09. The van der Waals surface area contributed by atoms with E-state index in [1.807, 2.05) is 92.6 Å².